The minimum atomic E-state index is -0.810. The van der Waals surface area contributed by atoms with Gasteiger partial charge in [-0.25, -0.2) is 0 Å². The molecule has 0 radical (unpaired) electrons. The van der Waals surface area contributed by atoms with Crippen molar-refractivity contribution in [1.29, 1.82) is 0 Å². The maximum Gasteiger partial charge on any atom is 0.306 e. The lowest BCUT2D eigenvalue weighted by Crippen LogP contribution is -2.42. The Morgan fingerprint density at radius 3 is 3.00 bits per heavy atom. The lowest BCUT2D eigenvalue weighted by molar-refractivity contribution is -0.144. The number of hydrogen-bond acceptors (Lipinski definition) is 3. The maximum absolute atomic E-state index is 11.4. The van der Waals surface area contributed by atoms with E-state index >= 15 is 0 Å². The van der Waals surface area contributed by atoms with Crippen LogP contribution in [0.2, 0.25) is 0 Å². The highest BCUT2D eigenvalue weighted by molar-refractivity contribution is 5.87. The van der Waals surface area contributed by atoms with Gasteiger partial charge >= 0.3 is 5.97 Å². The predicted molar refractivity (Wildman–Crippen MR) is 48.1 cm³/mol. The summed E-state index contributed by atoms with van der Waals surface area (Å²) in [6.07, 6.45) is 0.972. The lowest BCUT2D eigenvalue weighted by Gasteiger charge is -2.32. The Labute approximate surface area is 81.4 Å². The summed E-state index contributed by atoms with van der Waals surface area (Å²) < 4.78 is 0. The Morgan fingerprint density at radius 1 is 1.64 bits per heavy atom. The monoisotopic (exact) mass is 196 g/mol. The van der Waals surface area contributed by atoms with Gasteiger partial charge in [0.15, 0.2) is 0 Å². The summed E-state index contributed by atoms with van der Waals surface area (Å²) in [6.45, 7) is 4.30. The van der Waals surface area contributed by atoms with E-state index in [2.05, 4.69) is 11.9 Å². The van der Waals surface area contributed by atoms with Crippen molar-refractivity contribution in [2.24, 2.45) is 5.92 Å². The molecule has 2 atom stereocenters. The molecule has 76 valence electrons. The van der Waals surface area contributed by atoms with E-state index in [0.29, 0.717) is 25.2 Å². The van der Waals surface area contributed by atoms with Gasteiger partial charge in [0.05, 0.1) is 5.92 Å². The summed E-state index contributed by atoms with van der Waals surface area (Å²) >= 11 is 0. The molecule has 0 aromatic heterocycles. The van der Waals surface area contributed by atoms with Gasteiger partial charge in [-0.05, 0) is 12.8 Å². The van der Waals surface area contributed by atoms with Crippen LogP contribution >= 0.6 is 0 Å². The number of fused-ring (bicyclic) bond motifs is 1. The number of rotatable bonds is 1. The summed E-state index contributed by atoms with van der Waals surface area (Å²) in [5.41, 5.74) is 0. The van der Waals surface area contributed by atoms with Crippen LogP contribution in [0.15, 0.2) is 12.4 Å². The van der Waals surface area contributed by atoms with Crippen molar-refractivity contribution in [3.05, 3.63) is 12.4 Å². The number of carbonyl (C=O) groups is 2. The molecule has 2 aliphatic rings. The van der Waals surface area contributed by atoms with Crippen LogP contribution < -0.4 is 5.32 Å². The second kappa shape index (κ2) is 3.01. The molecule has 0 spiro atoms. The molecule has 0 aromatic carbocycles. The Balaban J connectivity index is 2.13. The molecule has 5 nitrogen and oxygen atoms in total. The number of aliphatic carboxylic acids is 1. The third-order valence-electron chi connectivity index (χ3n) is 2.87. The number of piperidine rings is 1. The molecule has 5 heteroatoms. The molecular formula is C9H12N2O3. The first-order valence-corrected chi connectivity index (χ1v) is 4.59. The summed E-state index contributed by atoms with van der Waals surface area (Å²) in [4.78, 5) is 24.0. The van der Waals surface area contributed by atoms with Gasteiger partial charge in [0, 0.05) is 6.54 Å². The van der Waals surface area contributed by atoms with Crippen LogP contribution in [0.3, 0.4) is 0 Å². The fourth-order valence-corrected chi connectivity index (χ4v) is 2.06. The van der Waals surface area contributed by atoms with Crippen LogP contribution in [0.1, 0.15) is 12.8 Å². The van der Waals surface area contributed by atoms with Crippen molar-refractivity contribution in [3.8, 4) is 0 Å². The fourth-order valence-electron chi connectivity index (χ4n) is 2.06. The molecule has 0 saturated carbocycles. The van der Waals surface area contributed by atoms with Crippen molar-refractivity contribution >= 4 is 11.9 Å². The number of carbonyl (C=O) groups excluding carboxylic acids is 1. The molecule has 14 heavy (non-hydrogen) atoms. The van der Waals surface area contributed by atoms with Gasteiger partial charge in [0.25, 0.3) is 0 Å². The molecule has 2 saturated heterocycles. The average Bonchev–Trinajstić information content (AvgIpc) is 2.42. The fraction of sp³-hybridized carbons (Fsp3) is 0.556. The zero-order valence-corrected chi connectivity index (χ0v) is 7.69. The molecule has 2 fully saturated rings. The Morgan fingerprint density at radius 2 is 2.36 bits per heavy atom. The number of nitrogens with one attached hydrogen (secondary N) is 1. The van der Waals surface area contributed by atoms with Gasteiger partial charge in [-0.15, -0.1) is 0 Å². The molecule has 2 aliphatic heterocycles. The van der Waals surface area contributed by atoms with E-state index in [0.717, 1.165) is 0 Å². The van der Waals surface area contributed by atoms with Gasteiger partial charge in [-0.2, -0.15) is 0 Å². The summed E-state index contributed by atoms with van der Waals surface area (Å²) in [6, 6.07) is -0.322. The van der Waals surface area contributed by atoms with E-state index < -0.39 is 11.9 Å². The quantitative estimate of drug-likeness (QED) is 0.607. The molecule has 2 heterocycles. The molecule has 2 unspecified atom stereocenters. The zero-order chi connectivity index (χ0) is 10.3. The minimum absolute atomic E-state index is 0.124. The summed E-state index contributed by atoms with van der Waals surface area (Å²) in [7, 11) is 0. The van der Waals surface area contributed by atoms with Crippen molar-refractivity contribution in [2.75, 3.05) is 6.54 Å². The van der Waals surface area contributed by atoms with Gasteiger partial charge < -0.3 is 15.3 Å². The highest BCUT2D eigenvalue weighted by Gasteiger charge is 2.41. The van der Waals surface area contributed by atoms with E-state index in [9.17, 15) is 9.59 Å². The Hall–Kier alpha value is -1.52. The summed E-state index contributed by atoms with van der Waals surface area (Å²) in [5.74, 6) is -0.729. The van der Waals surface area contributed by atoms with Crippen LogP contribution in [-0.4, -0.2) is 34.5 Å². The molecule has 0 bridgehead atoms. The molecule has 0 aromatic rings. The second-order valence-corrected chi connectivity index (χ2v) is 3.70. The summed E-state index contributed by atoms with van der Waals surface area (Å²) in [5, 5.41) is 11.5. The molecule has 2 rings (SSSR count). The van der Waals surface area contributed by atoms with Gasteiger partial charge in [0.1, 0.15) is 11.9 Å². The molecule has 0 aliphatic carbocycles. The highest BCUT2D eigenvalue weighted by atomic mass is 16.4. The van der Waals surface area contributed by atoms with Crippen LogP contribution in [0.5, 0.6) is 0 Å². The standard InChI is InChI=1S/C9H12N2O3/c1-5-10-8(12)7-4-6(9(13)14)2-3-11(5)7/h6-7H,1-4H2,(H,10,12)(H,13,14). The first-order valence-electron chi connectivity index (χ1n) is 4.59. The number of amides is 1. The third-order valence-corrected chi connectivity index (χ3v) is 2.87. The van der Waals surface area contributed by atoms with Gasteiger partial charge in [-0.1, -0.05) is 6.58 Å². The lowest BCUT2D eigenvalue weighted by atomic mass is 9.91. The van der Waals surface area contributed by atoms with Crippen LogP contribution in [0.25, 0.3) is 0 Å². The third kappa shape index (κ3) is 1.25. The van der Waals surface area contributed by atoms with Crippen LogP contribution in [0, 0.1) is 5.92 Å². The van der Waals surface area contributed by atoms with E-state index in [1.807, 2.05) is 4.90 Å². The van der Waals surface area contributed by atoms with E-state index in [1.54, 1.807) is 0 Å². The van der Waals surface area contributed by atoms with E-state index in [1.165, 1.54) is 0 Å². The maximum atomic E-state index is 11.4. The first-order chi connectivity index (χ1) is 6.59. The number of hydrogen-bond donors (Lipinski definition) is 2. The second-order valence-electron chi connectivity index (χ2n) is 3.70. The van der Waals surface area contributed by atoms with Crippen LogP contribution in [-0.2, 0) is 9.59 Å². The number of carboxylic acids is 1. The van der Waals surface area contributed by atoms with E-state index in [-0.39, 0.29) is 11.9 Å². The van der Waals surface area contributed by atoms with Crippen molar-refractivity contribution in [1.82, 2.24) is 10.2 Å². The Bertz CT molecular complexity index is 313. The van der Waals surface area contributed by atoms with Crippen LogP contribution in [0.4, 0.5) is 0 Å². The van der Waals surface area contributed by atoms with Crippen molar-refractivity contribution < 1.29 is 14.7 Å². The van der Waals surface area contributed by atoms with Crippen molar-refractivity contribution in [2.45, 2.75) is 18.9 Å². The molecule has 2 N–H and O–H groups in total. The van der Waals surface area contributed by atoms with Crippen molar-refractivity contribution in [3.63, 3.8) is 0 Å². The normalized spacial score (nSPS) is 31.3. The topological polar surface area (TPSA) is 69.6 Å². The predicted octanol–water partition coefficient (Wildman–Crippen LogP) is -0.247. The minimum Gasteiger partial charge on any atom is -0.481 e. The Kier molecular flexibility index (Phi) is 1.94. The number of carboxylic acid groups (broad SMARTS) is 1. The van der Waals surface area contributed by atoms with Gasteiger partial charge in [0.2, 0.25) is 5.91 Å². The molecular weight excluding hydrogens is 184 g/mol. The first kappa shape index (κ1) is 9.05. The largest absolute Gasteiger partial charge is 0.481 e. The smallest absolute Gasteiger partial charge is 0.306 e. The van der Waals surface area contributed by atoms with Gasteiger partial charge in [-0.3, -0.25) is 9.59 Å². The molecule has 1 amide bonds. The SMILES string of the molecule is C=C1NC(=O)C2CC(C(=O)O)CCN12. The number of nitrogens with zero attached hydrogens (tertiary/aromatic N) is 1. The zero-order valence-electron chi connectivity index (χ0n) is 7.69. The highest BCUT2D eigenvalue weighted by Crippen LogP contribution is 2.28. The van der Waals surface area contributed by atoms with E-state index in [4.69, 9.17) is 5.11 Å². The average molecular weight is 196 g/mol.